The van der Waals surface area contributed by atoms with Crippen LogP contribution in [0.2, 0.25) is 0 Å². The molecule has 3 aliphatic rings. The van der Waals surface area contributed by atoms with E-state index in [9.17, 15) is 0 Å². The Balaban J connectivity index is 0.979. The predicted octanol–water partition coefficient (Wildman–Crippen LogP) is 14.4. The van der Waals surface area contributed by atoms with Crippen LogP contribution in [0, 0.1) is 5.92 Å². The maximum atomic E-state index is 5.06. The van der Waals surface area contributed by atoms with Gasteiger partial charge in [-0.2, -0.15) is 0 Å². The second kappa shape index (κ2) is 15.4. The molecule has 0 aliphatic heterocycles. The number of aromatic nitrogens is 3. The van der Waals surface area contributed by atoms with Crippen molar-refractivity contribution in [1.82, 2.24) is 15.0 Å². The Morgan fingerprint density at radius 1 is 0.435 bits per heavy atom. The Morgan fingerprint density at radius 3 is 1.39 bits per heavy atom. The number of rotatable bonds is 6. The summed E-state index contributed by atoms with van der Waals surface area (Å²) in [5.41, 5.74) is 19.1. The van der Waals surface area contributed by atoms with Gasteiger partial charge in [-0.15, -0.1) is 0 Å². The highest BCUT2D eigenvalue weighted by atomic mass is 15.0. The molecule has 0 fully saturated rings. The van der Waals surface area contributed by atoms with Crippen LogP contribution < -0.4 is 0 Å². The second-order valence-electron chi connectivity index (χ2n) is 16.3. The lowest BCUT2D eigenvalue weighted by Crippen LogP contribution is -2.28. The number of benzene rings is 7. The Labute approximate surface area is 363 Å². The molecule has 0 saturated carbocycles. The summed E-state index contributed by atoms with van der Waals surface area (Å²) in [7, 11) is 0. The Hall–Kier alpha value is -7.75. The van der Waals surface area contributed by atoms with Gasteiger partial charge in [0.25, 0.3) is 0 Å². The molecule has 1 atom stereocenters. The van der Waals surface area contributed by atoms with Gasteiger partial charge in [-0.05, 0) is 79.3 Å². The lowest BCUT2D eigenvalue weighted by Gasteiger charge is -2.34. The van der Waals surface area contributed by atoms with Crippen molar-refractivity contribution < 1.29 is 0 Å². The molecule has 8 aromatic rings. The number of hydrogen-bond donors (Lipinski definition) is 0. The van der Waals surface area contributed by atoms with E-state index in [0.717, 1.165) is 27.8 Å². The van der Waals surface area contributed by atoms with Crippen molar-refractivity contribution in [3.8, 4) is 56.4 Å². The third-order valence-electron chi connectivity index (χ3n) is 12.7. The summed E-state index contributed by atoms with van der Waals surface area (Å²) in [6, 6.07) is 64.8. The van der Waals surface area contributed by atoms with Gasteiger partial charge in [-0.25, -0.2) is 15.0 Å². The zero-order chi connectivity index (χ0) is 41.6. The number of allylic oxidation sites excluding steroid dienone is 10. The molecule has 11 rings (SSSR count). The minimum absolute atomic E-state index is 0.151. The normalized spacial score (nSPS) is 17.6. The maximum absolute atomic E-state index is 5.06. The molecule has 0 N–H and O–H groups in total. The number of hydrogen-bond acceptors (Lipinski definition) is 3. The smallest absolute Gasteiger partial charge is 0.164 e. The largest absolute Gasteiger partial charge is 0.208 e. The fourth-order valence-corrected chi connectivity index (χ4v) is 9.90. The molecule has 3 nitrogen and oxygen atoms in total. The summed E-state index contributed by atoms with van der Waals surface area (Å²) in [6.07, 6.45) is 13.8. The molecule has 1 spiro atoms. The van der Waals surface area contributed by atoms with Crippen LogP contribution in [-0.2, 0) is 5.41 Å². The van der Waals surface area contributed by atoms with Gasteiger partial charge < -0.3 is 0 Å². The molecule has 62 heavy (non-hydrogen) atoms. The van der Waals surface area contributed by atoms with E-state index < -0.39 is 5.41 Å². The van der Waals surface area contributed by atoms with Gasteiger partial charge in [0.15, 0.2) is 17.5 Å². The van der Waals surface area contributed by atoms with Crippen LogP contribution >= 0.6 is 0 Å². The average Bonchev–Trinajstić information content (AvgIpc) is 3.80. The lowest BCUT2D eigenvalue weighted by atomic mass is 9.67. The van der Waals surface area contributed by atoms with Crippen LogP contribution in [0.25, 0.3) is 67.6 Å². The van der Waals surface area contributed by atoms with Gasteiger partial charge in [0.1, 0.15) is 0 Å². The van der Waals surface area contributed by atoms with Crippen LogP contribution in [0.5, 0.6) is 0 Å². The SMILES string of the molecule is C\C=C/C=C1\C(=C2/C=CC(c3ccc(-c4nc(-c5ccccc5)nc(-c5ccc(-c6ccccc6)cc5)n4)cc3)=CC2C)C2(c3ccccc31)c1ccccc1-c1ccccc12. The van der Waals surface area contributed by atoms with Crippen molar-refractivity contribution in [1.29, 1.82) is 0 Å². The second-order valence-corrected chi connectivity index (χ2v) is 16.3. The van der Waals surface area contributed by atoms with Gasteiger partial charge >= 0.3 is 0 Å². The summed E-state index contributed by atoms with van der Waals surface area (Å²) < 4.78 is 0. The third kappa shape index (κ3) is 6.08. The highest BCUT2D eigenvalue weighted by Crippen LogP contribution is 2.65. The maximum Gasteiger partial charge on any atom is 0.164 e. The van der Waals surface area contributed by atoms with Gasteiger partial charge in [0.05, 0.1) is 5.41 Å². The third-order valence-corrected chi connectivity index (χ3v) is 12.7. The lowest BCUT2D eigenvalue weighted by molar-refractivity contribution is 0.758. The first-order valence-electron chi connectivity index (χ1n) is 21.5. The van der Waals surface area contributed by atoms with E-state index in [1.165, 1.54) is 61.2 Å². The molecule has 1 aromatic heterocycles. The summed E-state index contributed by atoms with van der Waals surface area (Å²) in [5, 5.41) is 0. The molecule has 3 heteroatoms. The van der Waals surface area contributed by atoms with Crippen LogP contribution in [0.1, 0.15) is 41.7 Å². The molecule has 294 valence electrons. The molecular formula is C59H43N3. The van der Waals surface area contributed by atoms with Gasteiger partial charge in [0, 0.05) is 22.6 Å². The average molecular weight is 794 g/mol. The van der Waals surface area contributed by atoms with E-state index in [1.807, 2.05) is 36.4 Å². The summed E-state index contributed by atoms with van der Waals surface area (Å²) in [5.74, 6) is 2.09. The van der Waals surface area contributed by atoms with Crippen LogP contribution in [0.3, 0.4) is 0 Å². The molecule has 3 aliphatic carbocycles. The zero-order valence-electron chi connectivity index (χ0n) is 34.7. The Kier molecular flexibility index (Phi) is 9.24. The number of fused-ring (bicyclic) bond motifs is 7. The monoisotopic (exact) mass is 793 g/mol. The van der Waals surface area contributed by atoms with Gasteiger partial charge in [0.2, 0.25) is 0 Å². The molecule has 1 unspecified atom stereocenters. The van der Waals surface area contributed by atoms with Crippen LogP contribution in [0.15, 0.2) is 230 Å². The topological polar surface area (TPSA) is 38.7 Å². The molecule has 1 heterocycles. The standard InChI is InChI=1S/C59H43N3/c1-3-4-21-51-50-24-13-16-27-54(50)59(52-25-14-11-22-48(52)49-23-12-15-26-53(49)59)55(51)47-37-36-46(38-39(47)2)42-30-34-45(35-31-42)58-61-56(43-19-9-6-10-20-43)60-57(62-58)44-32-28-41(29-33-44)40-17-7-5-8-18-40/h3-39H,1-2H3/b4-3-,51-21-,55-47-. The predicted molar refractivity (Wildman–Crippen MR) is 256 cm³/mol. The van der Waals surface area contributed by atoms with Crippen LogP contribution in [-0.4, -0.2) is 15.0 Å². The van der Waals surface area contributed by atoms with Crippen molar-refractivity contribution >= 4 is 11.1 Å². The molecule has 0 radical (unpaired) electrons. The van der Waals surface area contributed by atoms with E-state index in [1.54, 1.807) is 0 Å². The van der Waals surface area contributed by atoms with Gasteiger partial charge in [-0.3, -0.25) is 0 Å². The minimum Gasteiger partial charge on any atom is -0.208 e. The summed E-state index contributed by atoms with van der Waals surface area (Å²) in [4.78, 5) is 15.0. The van der Waals surface area contributed by atoms with E-state index in [2.05, 4.69) is 196 Å². The fraction of sp³-hybridized carbons (Fsp3) is 0.0678. The fourth-order valence-electron chi connectivity index (χ4n) is 9.90. The first-order valence-corrected chi connectivity index (χ1v) is 21.5. The zero-order valence-corrected chi connectivity index (χ0v) is 34.7. The molecule has 7 aromatic carbocycles. The van der Waals surface area contributed by atoms with E-state index in [0.29, 0.717) is 17.5 Å². The van der Waals surface area contributed by atoms with E-state index in [-0.39, 0.29) is 5.92 Å². The quantitative estimate of drug-likeness (QED) is 0.168. The van der Waals surface area contributed by atoms with Crippen molar-refractivity contribution in [3.63, 3.8) is 0 Å². The van der Waals surface area contributed by atoms with Crippen molar-refractivity contribution in [3.05, 3.63) is 257 Å². The molecular weight excluding hydrogens is 751 g/mol. The summed E-state index contributed by atoms with van der Waals surface area (Å²) >= 11 is 0. The highest BCUT2D eigenvalue weighted by molar-refractivity contribution is 6.01. The first-order chi connectivity index (χ1) is 30.6. The summed E-state index contributed by atoms with van der Waals surface area (Å²) in [6.45, 7) is 4.44. The molecule has 0 bridgehead atoms. The van der Waals surface area contributed by atoms with E-state index >= 15 is 0 Å². The Morgan fingerprint density at radius 2 is 0.855 bits per heavy atom. The molecule has 0 amide bonds. The van der Waals surface area contributed by atoms with Crippen molar-refractivity contribution in [2.24, 2.45) is 5.92 Å². The van der Waals surface area contributed by atoms with Gasteiger partial charge in [-0.1, -0.05) is 225 Å². The molecule has 0 saturated heterocycles. The highest BCUT2D eigenvalue weighted by Gasteiger charge is 2.54. The Bertz CT molecular complexity index is 3120. The van der Waals surface area contributed by atoms with Crippen molar-refractivity contribution in [2.45, 2.75) is 19.3 Å². The van der Waals surface area contributed by atoms with Crippen LogP contribution in [0.4, 0.5) is 0 Å². The minimum atomic E-state index is -0.427. The number of nitrogens with zero attached hydrogens (tertiary/aromatic N) is 3. The van der Waals surface area contributed by atoms with Crippen molar-refractivity contribution in [2.75, 3.05) is 0 Å². The first kappa shape index (κ1) is 37.3. The van der Waals surface area contributed by atoms with E-state index in [4.69, 9.17) is 15.0 Å².